The van der Waals surface area contributed by atoms with E-state index in [-0.39, 0.29) is 0 Å². The van der Waals surface area contributed by atoms with Crippen LogP contribution in [0.25, 0.3) is 10.9 Å². The predicted octanol–water partition coefficient (Wildman–Crippen LogP) is 4.40. The van der Waals surface area contributed by atoms with Gasteiger partial charge in [0.15, 0.2) is 0 Å². The van der Waals surface area contributed by atoms with E-state index in [1.54, 1.807) is 0 Å². The minimum Gasteiger partial charge on any atom is -0.346 e. The fraction of sp³-hybridized carbons (Fsp3) is 0.294. The highest BCUT2D eigenvalue weighted by molar-refractivity contribution is 7.10. The number of hydrogen-bond acceptors (Lipinski definition) is 2. The highest BCUT2D eigenvalue weighted by atomic mass is 32.1. The summed E-state index contributed by atoms with van der Waals surface area (Å²) in [6, 6.07) is 13.3. The summed E-state index contributed by atoms with van der Waals surface area (Å²) in [4.78, 5) is 1.39. The monoisotopic (exact) mass is 284 g/mol. The maximum atomic E-state index is 3.63. The Kier molecular flexibility index (Phi) is 3.64. The van der Waals surface area contributed by atoms with Crippen LogP contribution < -0.4 is 5.32 Å². The Balaban J connectivity index is 1.84. The van der Waals surface area contributed by atoms with Gasteiger partial charge >= 0.3 is 0 Å². The topological polar surface area (TPSA) is 17.0 Å². The highest BCUT2D eigenvalue weighted by Gasteiger charge is 2.12. The van der Waals surface area contributed by atoms with E-state index >= 15 is 0 Å². The van der Waals surface area contributed by atoms with Crippen LogP contribution in [0.1, 0.15) is 29.1 Å². The van der Waals surface area contributed by atoms with E-state index < -0.39 is 0 Å². The molecular formula is C17H20N2S. The predicted molar refractivity (Wildman–Crippen MR) is 87.2 cm³/mol. The molecule has 0 unspecified atom stereocenters. The molecule has 0 fully saturated rings. The molecule has 2 aromatic heterocycles. The summed E-state index contributed by atoms with van der Waals surface area (Å²) in [5.41, 5.74) is 4.06. The normalized spacial score (nSPS) is 12.9. The van der Waals surface area contributed by atoms with Gasteiger partial charge in [0.2, 0.25) is 0 Å². The number of nitrogens with one attached hydrogen (secondary N) is 1. The first kappa shape index (κ1) is 13.4. The number of aryl methyl sites for hydroxylation is 2. The van der Waals surface area contributed by atoms with Gasteiger partial charge in [0, 0.05) is 41.1 Å². The number of hydrogen-bond donors (Lipinski definition) is 1. The molecule has 0 radical (unpaired) electrons. The lowest BCUT2D eigenvalue weighted by Crippen LogP contribution is -2.19. The van der Waals surface area contributed by atoms with E-state index in [1.807, 2.05) is 11.3 Å². The molecule has 0 amide bonds. The third-order valence-corrected chi connectivity index (χ3v) is 5.11. The van der Waals surface area contributed by atoms with Crippen LogP contribution in [-0.2, 0) is 13.6 Å². The molecule has 0 aliphatic rings. The van der Waals surface area contributed by atoms with Crippen molar-refractivity contribution in [2.24, 2.45) is 7.05 Å². The van der Waals surface area contributed by atoms with Gasteiger partial charge < -0.3 is 9.88 Å². The first-order valence-corrected chi connectivity index (χ1v) is 7.86. The minimum atomic E-state index is 0.396. The highest BCUT2D eigenvalue weighted by Crippen LogP contribution is 2.25. The quantitative estimate of drug-likeness (QED) is 0.751. The van der Waals surface area contributed by atoms with Crippen LogP contribution in [0.5, 0.6) is 0 Å². The molecule has 1 atom stereocenters. The van der Waals surface area contributed by atoms with Crippen LogP contribution in [0.2, 0.25) is 0 Å². The molecule has 2 heterocycles. The Bertz CT molecular complexity index is 671. The maximum Gasteiger partial charge on any atom is 0.0483 e. The molecule has 3 aromatic rings. The van der Waals surface area contributed by atoms with Crippen molar-refractivity contribution in [2.45, 2.75) is 26.4 Å². The summed E-state index contributed by atoms with van der Waals surface area (Å²) in [7, 11) is 2.15. The molecule has 104 valence electrons. The zero-order chi connectivity index (χ0) is 14.1. The first-order chi connectivity index (χ1) is 9.68. The van der Waals surface area contributed by atoms with Gasteiger partial charge in [0.25, 0.3) is 0 Å². The minimum absolute atomic E-state index is 0.396. The third-order valence-electron chi connectivity index (χ3n) is 4.05. The standard InChI is InChI=1S/C17H20N2S/c1-12-14-7-4-5-8-15(14)19(3)16(12)11-18-13(2)17-9-6-10-20-17/h4-10,13,18H,11H2,1-3H3/t13-/m0/s1. The number of benzene rings is 1. The molecule has 0 aliphatic heterocycles. The summed E-state index contributed by atoms with van der Waals surface area (Å²) in [5, 5.41) is 7.13. The summed E-state index contributed by atoms with van der Waals surface area (Å²) in [6.07, 6.45) is 0. The first-order valence-electron chi connectivity index (χ1n) is 6.98. The van der Waals surface area contributed by atoms with Gasteiger partial charge in [-0.05, 0) is 36.9 Å². The van der Waals surface area contributed by atoms with Crippen molar-refractivity contribution < 1.29 is 0 Å². The van der Waals surface area contributed by atoms with Gasteiger partial charge in [0.05, 0.1) is 0 Å². The molecule has 0 spiro atoms. The molecule has 1 N–H and O–H groups in total. The Morgan fingerprint density at radius 2 is 2.00 bits per heavy atom. The fourth-order valence-corrected chi connectivity index (χ4v) is 3.53. The number of aromatic nitrogens is 1. The third kappa shape index (κ3) is 2.28. The van der Waals surface area contributed by atoms with Gasteiger partial charge in [0.1, 0.15) is 0 Å². The zero-order valence-corrected chi connectivity index (χ0v) is 13.0. The van der Waals surface area contributed by atoms with Crippen molar-refractivity contribution in [1.29, 1.82) is 0 Å². The van der Waals surface area contributed by atoms with E-state index in [9.17, 15) is 0 Å². The molecule has 3 rings (SSSR count). The van der Waals surface area contributed by atoms with E-state index in [4.69, 9.17) is 0 Å². The Morgan fingerprint density at radius 1 is 1.20 bits per heavy atom. The second-order valence-electron chi connectivity index (χ2n) is 5.27. The van der Waals surface area contributed by atoms with E-state index in [0.717, 1.165) is 6.54 Å². The van der Waals surface area contributed by atoms with Gasteiger partial charge in [-0.2, -0.15) is 0 Å². The van der Waals surface area contributed by atoms with Crippen LogP contribution in [0, 0.1) is 6.92 Å². The molecule has 3 heteroatoms. The molecule has 0 aliphatic carbocycles. The van der Waals surface area contributed by atoms with Crippen molar-refractivity contribution >= 4 is 22.2 Å². The smallest absolute Gasteiger partial charge is 0.0483 e. The number of thiophene rings is 1. The lowest BCUT2D eigenvalue weighted by molar-refractivity contribution is 0.565. The Labute approximate surface area is 124 Å². The SMILES string of the molecule is Cc1c(CN[C@@H](C)c2cccs2)n(C)c2ccccc12. The summed E-state index contributed by atoms with van der Waals surface area (Å²) >= 11 is 1.81. The maximum absolute atomic E-state index is 3.63. The van der Waals surface area contributed by atoms with Gasteiger partial charge in [-0.25, -0.2) is 0 Å². The van der Waals surface area contributed by atoms with Crippen LogP contribution in [0.15, 0.2) is 41.8 Å². The number of nitrogens with zero attached hydrogens (tertiary/aromatic N) is 1. The molecule has 0 saturated heterocycles. The molecule has 2 nitrogen and oxygen atoms in total. The Hall–Kier alpha value is -1.58. The van der Waals surface area contributed by atoms with E-state index in [1.165, 1.54) is 27.0 Å². The van der Waals surface area contributed by atoms with E-state index in [0.29, 0.717) is 6.04 Å². The number of fused-ring (bicyclic) bond motifs is 1. The molecular weight excluding hydrogens is 264 g/mol. The van der Waals surface area contributed by atoms with Crippen LogP contribution in [0.3, 0.4) is 0 Å². The van der Waals surface area contributed by atoms with Gasteiger partial charge in [-0.3, -0.25) is 0 Å². The van der Waals surface area contributed by atoms with Crippen LogP contribution in [-0.4, -0.2) is 4.57 Å². The molecule has 0 saturated carbocycles. The van der Waals surface area contributed by atoms with Gasteiger partial charge in [-0.15, -0.1) is 11.3 Å². The lowest BCUT2D eigenvalue weighted by atomic mass is 10.1. The second-order valence-corrected chi connectivity index (χ2v) is 6.25. The molecule has 20 heavy (non-hydrogen) atoms. The Morgan fingerprint density at radius 3 is 2.70 bits per heavy atom. The summed E-state index contributed by atoms with van der Waals surface area (Å²) in [5.74, 6) is 0. The fourth-order valence-electron chi connectivity index (χ4n) is 2.77. The second kappa shape index (κ2) is 5.43. The molecule has 0 bridgehead atoms. The van der Waals surface area contributed by atoms with Crippen molar-refractivity contribution in [2.75, 3.05) is 0 Å². The van der Waals surface area contributed by atoms with Crippen LogP contribution in [0.4, 0.5) is 0 Å². The number of para-hydroxylation sites is 1. The van der Waals surface area contributed by atoms with Crippen molar-refractivity contribution in [3.05, 3.63) is 57.9 Å². The zero-order valence-electron chi connectivity index (χ0n) is 12.2. The average molecular weight is 284 g/mol. The van der Waals surface area contributed by atoms with Crippen molar-refractivity contribution in [3.63, 3.8) is 0 Å². The lowest BCUT2D eigenvalue weighted by Gasteiger charge is -2.13. The van der Waals surface area contributed by atoms with Crippen molar-refractivity contribution in [3.8, 4) is 0 Å². The molecule has 1 aromatic carbocycles. The van der Waals surface area contributed by atoms with Crippen LogP contribution >= 0.6 is 11.3 Å². The summed E-state index contributed by atoms with van der Waals surface area (Å²) < 4.78 is 2.30. The summed E-state index contributed by atoms with van der Waals surface area (Å²) in [6.45, 7) is 5.34. The van der Waals surface area contributed by atoms with Gasteiger partial charge in [-0.1, -0.05) is 24.3 Å². The van der Waals surface area contributed by atoms with Crippen molar-refractivity contribution in [1.82, 2.24) is 9.88 Å². The number of rotatable bonds is 4. The average Bonchev–Trinajstić information content (AvgIpc) is 3.07. The largest absolute Gasteiger partial charge is 0.346 e. The van der Waals surface area contributed by atoms with E-state index in [2.05, 4.69) is 72.6 Å².